The number of aromatic nitrogens is 1. The fourth-order valence-corrected chi connectivity index (χ4v) is 6.59. The number of likely N-dealkylation sites (tertiary alicyclic amines) is 2. The van der Waals surface area contributed by atoms with E-state index in [1.54, 1.807) is 16.7 Å². The van der Waals surface area contributed by atoms with E-state index in [2.05, 4.69) is 57.2 Å². The number of hydrogen-bond acceptors (Lipinski definition) is 6. The summed E-state index contributed by atoms with van der Waals surface area (Å²) in [4.78, 5) is 26.7. The van der Waals surface area contributed by atoms with Crippen molar-refractivity contribution in [3.8, 4) is 0 Å². The molecule has 3 aliphatic heterocycles. The van der Waals surface area contributed by atoms with Crippen molar-refractivity contribution in [1.82, 2.24) is 14.8 Å². The molecule has 0 saturated carbocycles. The number of rotatable bonds is 4. The van der Waals surface area contributed by atoms with Gasteiger partial charge in [0.15, 0.2) is 0 Å². The van der Waals surface area contributed by atoms with Crippen LogP contribution in [0.2, 0.25) is 0 Å². The van der Waals surface area contributed by atoms with Crippen LogP contribution in [0.25, 0.3) is 0 Å². The number of amides is 1. The lowest BCUT2D eigenvalue weighted by Gasteiger charge is -2.43. The maximum atomic E-state index is 13.1. The summed E-state index contributed by atoms with van der Waals surface area (Å²) >= 11 is 1.75. The van der Waals surface area contributed by atoms with Gasteiger partial charge >= 0.3 is 0 Å². The molecular formula is C28H30N4O2S. The minimum absolute atomic E-state index is 0.0122. The minimum atomic E-state index is -0.406. The van der Waals surface area contributed by atoms with Gasteiger partial charge in [0.25, 0.3) is 5.91 Å². The molecule has 0 radical (unpaired) electrons. The summed E-state index contributed by atoms with van der Waals surface area (Å²) in [6, 6.07) is 21.3. The Hall–Kier alpha value is -2.87. The van der Waals surface area contributed by atoms with Gasteiger partial charge in [0.05, 0.1) is 23.2 Å². The van der Waals surface area contributed by atoms with Crippen LogP contribution in [0.4, 0.5) is 11.4 Å². The van der Waals surface area contributed by atoms with Crippen LogP contribution in [0.1, 0.15) is 35.3 Å². The third-order valence-electron chi connectivity index (χ3n) is 7.30. The Bertz CT molecular complexity index is 1210. The molecule has 2 saturated heterocycles. The molecule has 7 heteroatoms. The van der Waals surface area contributed by atoms with Gasteiger partial charge in [-0.2, -0.15) is 0 Å². The van der Waals surface area contributed by atoms with Crippen molar-refractivity contribution in [2.75, 3.05) is 31.1 Å². The lowest BCUT2D eigenvalue weighted by Crippen LogP contribution is -2.43. The Labute approximate surface area is 210 Å². The Morgan fingerprint density at radius 1 is 0.943 bits per heavy atom. The SMILES string of the molecule is O=C(c1ccc2c(c1)Sc1ccccc1N2C1CCN(Cc2ccccn2)CC1)N1CCC(O)C1. The highest BCUT2D eigenvalue weighted by atomic mass is 32.2. The number of nitrogens with zero attached hydrogens (tertiary/aromatic N) is 4. The van der Waals surface area contributed by atoms with Crippen molar-refractivity contribution in [2.45, 2.75) is 47.7 Å². The zero-order valence-corrected chi connectivity index (χ0v) is 20.5. The third-order valence-corrected chi connectivity index (χ3v) is 8.41. The molecule has 35 heavy (non-hydrogen) atoms. The number of piperidine rings is 1. The Morgan fingerprint density at radius 2 is 1.74 bits per heavy atom. The van der Waals surface area contributed by atoms with Crippen molar-refractivity contribution < 1.29 is 9.90 Å². The number of fused-ring (bicyclic) bond motifs is 2. The van der Waals surface area contributed by atoms with E-state index in [1.807, 2.05) is 24.4 Å². The number of β-amino-alcohol motifs (C(OH)–C–C–N with tert-alkyl or cyclic N) is 1. The quantitative estimate of drug-likeness (QED) is 0.584. The average molecular weight is 487 g/mol. The van der Waals surface area contributed by atoms with E-state index in [0.717, 1.165) is 43.1 Å². The largest absolute Gasteiger partial charge is 0.391 e. The van der Waals surface area contributed by atoms with E-state index < -0.39 is 6.10 Å². The number of carbonyl (C=O) groups is 1. The molecule has 3 aliphatic rings. The monoisotopic (exact) mass is 486 g/mol. The van der Waals surface area contributed by atoms with Gasteiger partial charge < -0.3 is 14.9 Å². The molecule has 180 valence electrons. The highest BCUT2D eigenvalue weighted by molar-refractivity contribution is 7.99. The molecule has 0 aliphatic carbocycles. The van der Waals surface area contributed by atoms with E-state index in [0.29, 0.717) is 31.1 Å². The van der Waals surface area contributed by atoms with E-state index in [4.69, 9.17) is 0 Å². The first-order valence-corrected chi connectivity index (χ1v) is 13.3. The smallest absolute Gasteiger partial charge is 0.253 e. The Balaban J connectivity index is 1.24. The van der Waals surface area contributed by atoms with E-state index in [9.17, 15) is 9.90 Å². The maximum absolute atomic E-state index is 13.1. The number of para-hydroxylation sites is 1. The molecule has 4 heterocycles. The molecule has 1 amide bonds. The van der Waals surface area contributed by atoms with E-state index >= 15 is 0 Å². The van der Waals surface area contributed by atoms with Crippen molar-refractivity contribution >= 4 is 29.0 Å². The first kappa shape index (κ1) is 22.6. The molecule has 3 aromatic rings. The first-order valence-electron chi connectivity index (χ1n) is 12.5. The van der Waals surface area contributed by atoms with E-state index in [-0.39, 0.29) is 5.91 Å². The molecule has 1 unspecified atom stereocenters. The van der Waals surface area contributed by atoms with Crippen molar-refractivity contribution in [3.05, 3.63) is 78.1 Å². The second-order valence-electron chi connectivity index (χ2n) is 9.64. The summed E-state index contributed by atoms with van der Waals surface area (Å²) in [6.45, 7) is 4.02. The standard InChI is InChI=1S/C28H30N4O2S/c33-23-12-16-31(19-23)28(34)20-8-9-25-27(17-20)35-26-7-2-1-6-24(26)32(25)22-10-14-30(15-11-22)18-21-5-3-4-13-29-21/h1-9,13,17,22-23,33H,10-12,14-16,18-19H2. The highest BCUT2D eigenvalue weighted by Gasteiger charge is 2.33. The summed E-state index contributed by atoms with van der Waals surface area (Å²) in [5.74, 6) is 0.0122. The van der Waals surface area contributed by atoms with Crippen molar-refractivity contribution in [3.63, 3.8) is 0 Å². The number of pyridine rings is 1. The number of aliphatic hydroxyl groups is 1. The fraction of sp³-hybridized carbons (Fsp3) is 0.357. The van der Waals surface area contributed by atoms with Gasteiger partial charge in [0.1, 0.15) is 0 Å². The molecule has 6 nitrogen and oxygen atoms in total. The molecule has 2 aromatic carbocycles. The second-order valence-corrected chi connectivity index (χ2v) is 10.7. The molecule has 1 N–H and O–H groups in total. The van der Waals surface area contributed by atoms with Crippen LogP contribution in [-0.2, 0) is 6.54 Å². The van der Waals surface area contributed by atoms with Gasteiger partial charge in [-0.25, -0.2) is 0 Å². The fourth-order valence-electron chi connectivity index (χ4n) is 5.48. The predicted molar refractivity (Wildman–Crippen MR) is 138 cm³/mol. The van der Waals surface area contributed by atoms with Crippen LogP contribution in [-0.4, -0.2) is 64.1 Å². The summed E-state index contributed by atoms with van der Waals surface area (Å²) in [5, 5.41) is 9.87. The molecule has 2 fully saturated rings. The summed E-state index contributed by atoms with van der Waals surface area (Å²) in [5.41, 5.74) is 4.28. The number of hydrogen-bond donors (Lipinski definition) is 1. The summed E-state index contributed by atoms with van der Waals surface area (Å²) in [7, 11) is 0. The lowest BCUT2D eigenvalue weighted by molar-refractivity contribution is 0.0764. The predicted octanol–water partition coefficient (Wildman–Crippen LogP) is 4.56. The normalized spacial score (nSPS) is 20.5. The summed E-state index contributed by atoms with van der Waals surface area (Å²) < 4.78 is 0. The number of carbonyl (C=O) groups excluding carboxylic acids is 1. The van der Waals surface area contributed by atoms with Crippen LogP contribution >= 0.6 is 11.8 Å². The molecule has 6 rings (SSSR count). The topological polar surface area (TPSA) is 59.9 Å². The zero-order chi connectivity index (χ0) is 23.8. The number of benzene rings is 2. The molecule has 1 aromatic heterocycles. The van der Waals surface area contributed by atoms with Gasteiger partial charge in [-0.05, 0) is 61.7 Å². The second kappa shape index (κ2) is 9.64. The summed E-state index contributed by atoms with van der Waals surface area (Å²) in [6.07, 6.45) is 4.28. The Kier molecular flexibility index (Phi) is 6.22. The van der Waals surface area contributed by atoms with Gasteiger partial charge in [-0.1, -0.05) is 30.0 Å². The molecule has 0 bridgehead atoms. The van der Waals surface area contributed by atoms with Crippen LogP contribution in [0.3, 0.4) is 0 Å². The molecule has 1 atom stereocenters. The first-order chi connectivity index (χ1) is 17.2. The van der Waals surface area contributed by atoms with Gasteiger partial charge in [0, 0.05) is 60.3 Å². The highest BCUT2D eigenvalue weighted by Crippen LogP contribution is 2.50. The van der Waals surface area contributed by atoms with Crippen molar-refractivity contribution in [2.24, 2.45) is 0 Å². The van der Waals surface area contributed by atoms with E-state index in [1.165, 1.54) is 16.3 Å². The third kappa shape index (κ3) is 4.56. The van der Waals surface area contributed by atoms with Crippen molar-refractivity contribution in [1.29, 1.82) is 0 Å². The number of aliphatic hydroxyl groups excluding tert-OH is 1. The average Bonchev–Trinajstić information content (AvgIpc) is 3.34. The zero-order valence-electron chi connectivity index (χ0n) is 19.7. The minimum Gasteiger partial charge on any atom is -0.391 e. The molecule has 0 spiro atoms. The van der Waals surface area contributed by atoms with Gasteiger partial charge in [-0.15, -0.1) is 0 Å². The van der Waals surface area contributed by atoms with Crippen LogP contribution < -0.4 is 4.90 Å². The van der Waals surface area contributed by atoms with Crippen LogP contribution in [0.5, 0.6) is 0 Å². The van der Waals surface area contributed by atoms with Gasteiger partial charge in [0.2, 0.25) is 0 Å². The Morgan fingerprint density at radius 3 is 2.51 bits per heavy atom. The van der Waals surface area contributed by atoms with Crippen LogP contribution in [0, 0.1) is 0 Å². The number of anilines is 2. The molecular weight excluding hydrogens is 456 g/mol. The van der Waals surface area contributed by atoms with Gasteiger partial charge in [-0.3, -0.25) is 14.7 Å². The van der Waals surface area contributed by atoms with Crippen LogP contribution in [0.15, 0.2) is 76.7 Å². The lowest BCUT2D eigenvalue weighted by atomic mass is 10.00. The maximum Gasteiger partial charge on any atom is 0.253 e.